The zero-order valence-corrected chi connectivity index (χ0v) is 15.6. The van der Waals surface area contributed by atoms with Crippen molar-refractivity contribution >= 4 is 33.2 Å². The Bertz CT molecular complexity index is 739. The summed E-state index contributed by atoms with van der Waals surface area (Å²) in [6.45, 7) is 6.37. The molecule has 1 N–H and O–H groups in total. The number of nitrogens with zero attached hydrogens (tertiary/aromatic N) is 2. The van der Waals surface area contributed by atoms with Crippen LogP contribution in [0.25, 0.3) is 0 Å². The number of nitrogens with one attached hydrogen (secondary N) is 1. The number of rotatable bonds is 3. The van der Waals surface area contributed by atoms with Crippen molar-refractivity contribution in [3.8, 4) is 0 Å². The highest BCUT2D eigenvalue weighted by Crippen LogP contribution is 2.24. The fourth-order valence-corrected chi connectivity index (χ4v) is 3.17. The minimum atomic E-state index is -0.177. The molecule has 3 rings (SSSR count). The average Bonchev–Trinajstić information content (AvgIpc) is 2.59. The number of benzene rings is 1. The molecule has 0 aliphatic carbocycles. The third kappa shape index (κ3) is 3.96. The molecule has 0 unspecified atom stereocenters. The molecule has 0 spiro atoms. The molecule has 4 nitrogen and oxygen atoms in total. The molecule has 2 aromatic rings. The maximum Gasteiger partial charge on any atom is 0.274 e. The number of aromatic nitrogens is 1. The summed E-state index contributed by atoms with van der Waals surface area (Å²) in [5.41, 5.74) is 3.39. The van der Waals surface area contributed by atoms with E-state index in [-0.39, 0.29) is 5.91 Å². The molecule has 0 saturated carbocycles. The van der Waals surface area contributed by atoms with Crippen molar-refractivity contribution in [3.63, 3.8) is 0 Å². The zero-order valence-electron chi connectivity index (χ0n) is 14.1. The topological polar surface area (TPSA) is 45.2 Å². The van der Waals surface area contributed by atoms with Gasteiger partial charge in [0.2, 0.25) is 0 Å². The largest absolute Gasteiger partial charge is 0.371 e. The van der Waals surface area contributed by atoms with Crippen LogP contribution in [0.1, 0.15) is 35.8 Å². The van der Waals surface area contributed by atoms with Crippen LogP contribution in [0.3, 0.4) is 0 Å². The fraction of sp³-hybridized carbons (Fsp3) is 0.368. The number of piperidine rings is 1. The van der Waals surface area contributed by atoms with Gasteiger partial charge in [-0.3, -0.25) is 9.78 Å². The standard InChI is InChI=1S/C19H22BrN3O/c1-13-6-9-23(10-7-13)16-5-8-21-18(12-16)19(24)22-15-3-4-17(20)14(2)11-15/h3-5,8,11-13H,6-7,9-10H2,1-2H3,(H,22,24). The number of carbonyl (C=O) groups excluding carboxylic acids is 1. The van der Waals surface area contributed by atoms with Gasteiger partial charge >= 0.3 is 0 Å². The van der Waals surface area contributed by atoms with E-state index in [2.05, 4.69) is 38.1 Å². The summed E-state index contributed by atoms with van der Waals surface area (Å²) in [5.74, 6) is 0.607. The summed E-state index contributed by atoms with van der Waals surface area (Å²) in [5, 5.41) is 2.92. The number of aryl methyl sites for hydroxylation is 1. The van der Waals surface area contributed by atoms with Crippen LogP contribution in [0, 0.1) is 12.8 Å². The highest BCUT2D eigenvalue weighted by Gasteiger charge is 2.17. The van der Waals surface area contributed by atoms with Gasteiger partial charge < -0.3 is 10.2 Å². The van der Waals surface area contributed by atoms with Crippen LogP contribution >= 0.6 is 15.9 Å². The van der Waals surface area contributed by atoms with Gasteiger partial charge in [-0.2, -0.15) is 0 Å². The Morgan fingerprint density at radius 1 is 1.25 bits per heavy atom. The summed E-state index contributed by atoms with van der Waals surface area (Å²) < 4.78 is 1.03. The summed E-state index contributed by atoms with van der Waals surface area (Å²) >= 11 is 3.47. The number of halogens is 1. The minimum absolute atomic E-state index is 0.177. The van der Waals surface area contributed by atoms with E-state index in [0.717, 1.165) is 40.4 Å². The lowest BCUT2D eigenvalue weighted by Crippen LogP contribution is -2.33. The third-order valence-corrected chi connectivity index (χ3v) is 5.43. The minimum Gasteiger partial charge on any atom is -0.371 e. The Kier molecular flexibility index (Phi) is 5.19. The first kappa shape index (κ1) is 17.0. The Morgan fingerprint density at radius 2 is 2.00 bits per heavy atom. The molecule has 1 saturated heterocycles. The van der Waals surface area contributed by atoms with Gasteiger partial charge in [0.15, 0.2) is 0 Å². The van der Waals surface area contributed by atoms with E-state index >= 15 is 0 Å². The second kappa shape index (κ2) is 7.34. The van der Waals surface area contributed by atoms with E-state index in [1.54, 1.807) is 6.20 Å². The Hall–Kier alpha value is -1.88. The van der Waals surface area contributed by atoms with Gasteiger partial charge in [0.1, 0.15) is 5.69 Å². The monoisotopic (exact) mass is 387 g/mol. The lowest BCUT2D eigenvalue weighted by molar-refractivity contribution is 0.102. The average molecular weight is 388 g/mol. The van der Waals surface area contributed by atoms with Crippen molar-refractivity contribution in [2.75, 3.05) is 23.3 Å². The Morgan fingerprint density at radius 3 is 2.71 bits per heavy atom. The van der Waals surface area contributed by atoms with Crippen molar-refractivity contribution < 1.29 is 4.79 Å². The molecule has 0 radical (unpaired) electrons. The van der Waals surface area contributed by atoms with Crippen LogP contribution in [0.4, 0.5) is 11.4 Å². The molecule has 126 valence electrons. The van der Waals surface area contributed by atoms with Crippen LogP contribution in [-0.4, -0.2) is 24.0 Å². The predicted octanol–water partition coefficient (Wildman–Crippen LogP) is 4.64. The van der Waals surface area contributed by atoms with E-state index < -0.39 is 0 Å². The van der Waals surface area contributed by atoms with Crippen LogP contribution in [0.2, 0.25) is 0 Å². The maximum absolute atomic E-state index is 12.5. The van der Waals surface area contributed by atoms with Gasteiger partial charge in [0, 0.05) is 35.1 Å². The molecule has 1 aromatic carbocycles. The second-order valence-electron chi connectivity index (χ2n) is 6.49. The number of carbonyl (C=O) groups is 1. The molecule has 0 bridgehead atoms. The quantitative estimate of drug-likeness (QED) is 0.833. The van der Waals surface area contributed by atoms with Gasteiger partial charge in [0.25, 0.3) is 5.91 Å². The van der Waals surface area contributed by atoms with Gasteiger partial charge in [-0.05, 0) is 61.6 Å². The molecule has 1 aromatic heterocycles. The number of hydrogen-bond acceptors (Lipinski definition) is 3. The van der Waals surface area contributed by atoms with Gasteiger partial charge in [-0.15, -0.1) is 0 Å². The second-order valence-corrected chi connectivity index (χ2v) is 7.34. The van der Waals surface area contributed by atoms with Crippen LogP contribution in [-0.2, 0) is 0 Å². The highest BCUT2D eigenvalue weighted by atomic mass is 79.9. The number of anilines is 2. The summed E-state index contributed by atoms with van der Waals surface area (Å²) in [6, 6.07) is 9.62. The summed E-state index contributed by atoms with van der Waals surface area (Å²) in [7, 11) is 0. The van der Waals surface area contributed by atoms with E-state index in [1.165, 1.54) is 12.8 Å². The first-order chi connectivity index (χ1) is 11.5. The summed E-state index contributed by atoms with van der Waals surface area (Å²) in [6.07, 6.45) is 4.11. The van der Waals surface area contributed by atoms with E-state index in [0.29, 0.717) is 5.69 Å². The van der Waals surface area contributed by atoms with Crippen molar-refractivity contribution in [2.45, 2.75) is 26.7 Å². The molecular formula is C19H22BrN3O. The van der Waals surface area contributed by atoms with Gasteiger partial charge in [-0.25, -0.2) is 0 Å². The smallest absolute Gasteiger partial charge is 0.274 e. The molecule has 5 heteroatoms. The van der Waals surface area contributed by atoms with Crippen molar-refractivity contribution in [1.29, 1.82) is 0 Å². The highest BCUT2D eigenvalue weighted by molar-refractivity contribution is 9.10. The van der Waals surface area contributed by atoms with Crippen LogP contribution in [0.5, 0.6) is 0 Å². The normalized spacial score (nSPS) is 15.4. The Labute approximate surface area is 151 Å². The predicted molar refractivity (Wildman–Crippen MR) is 102 cm³/mol. The van der Waals surface area contributed by atoms with Crippen molar-refractivity contribution in [3.05, 3.63) is 52.3 Å². The molecule has 1 aliphatic heterocycles. The van der Waals surface area contributed by atoms with Gasteiger partial charge in [-0.1, -0.05) is 22.9 Å². The van der Waals surface area contributed by atoms with Gasteiger partial charge in [0.05, 0.1) is 0 Å². The number of hydrogen-bond donors (Lipinski definition) is 1. The van der Waals surface area contributed by atoms with E-state index in [4.69, 9.17) is 0 Å². The molecule has 1 amide bonds. The summed E-state index contributed by atoms with van der Waals surface area (Å²) in [4.78, 5) is 19.1. The fourth-order valence-electron chi connectivity index (χ4n) is 2.92. The molecule has 1 aliphatic rings. The Balaban J connectivity index is 1.73. The molecule has 0 atom stereocenters. The molecule has 24 heavy (non-hydrogen) atoms. The van der Waals surface area contributed by atoms with Crippen LogP contribution < -0.4 is 10.2 Å². The van der Waals surface area contributed by atoms with Crippen molar-refractivity contribution in [1.82, 2.24) is 4.98 Å². The molecule has 1 fully saturated rings. The van der Waals surface area contributed by atoms with E-state index in [1.807, 2.05) is 37.3 Å². The van der Waals surface area contributed by atoms with E-state index in [9.17, 15) is 4.79 Å². The third-order valence-electron chi connectivity index (χ3n) is 4.54. The molecule has 2 heterocycles. The molecular weight excluding hydrogens is 366 g/mol. The first-order valence-corrected chi connectivity index (χ1v) is 9.11. The lowest BCUT2D eigenvalue weighted by Gasteiger charge is -2.32. The maximum atomic E-state index is 12.5. The SMILES string of the molecule is Cc1cc(NC(=O)c2cc(N3CCC(C)CC3)ccn2)ccc1Br. The number of amides is 1. The van der Waals surface area contributed by atoms with Crippen LogP contribution in [0.15, 0.2) is 41.0 Å². The van der Waals surface area contributed by atoms with Crippen molar-refractivity contribution in [2.24, 2.45) is 5.92 Å². The zero-order chi connectivity index (χ0) is 17.1. The first-order valence-electron chi connectivity index (χ1n) is 8.31. The number of pyridine rings is 1. The lowest BCUT2D eigenvalue weighted by atomic mass is 9.99.